The van der Waals surface area contributed by atoms with Crippen molar-refractivity contribution in [2.45, 2.75) is 51.9 Å². The normalized spacial score (nSPS) is 15.3. The Bertz CT molecular complexity index is 480. The second-order valence-corrected chi connectivity index (χ2v) is 4.99. The number of hydrogen-bond acceptors (Lipinski definition) is 2. The van der Waals surface area contributed by atoms with Crippen LogP contribution in [0.5, 0.6) is 0 Å². The Morgan fingerprint density at radius 1 is 1.00 bits per heavy atom. The SMILES string of the molecule is CC.O=C(O)/C=C/C(=O)c1ccc(C2CCCCC2)cc1. The van der Waals surface area contributed by atoms with Crippen molar-refractivity contribution in [3.63, 3.8) is 0 Å². The molecule has 1 aromatic rings. The van der Waals surface area contributed by atoms with E-state index in [9.17, 15) is 9.59 Å². The molecule has 0 aliphatic heterocycles. The smallest absolute Gasteiger partial charge is 0.328 e. The Labute approximate surface area is 126 Å². The van der Waals surface area contributed by atoms with Crippen LogP contribution in [0.2, 0.25) is 0 Å². The van der Waals surface area contributed by atoms with Crippen LogP contribution in [0.25, 0.3) is 0 Å². The molecule has 1 aliphatic carbocycles. The Balaban J connectivity index is 0.00000106. The molecule has 0 saturated heterocycles. The van der Waals surface area contributed by atoms with Gasteiger partial charge in [0.2, 0.25) is 0 Å². The number of benzene rings is 1. The van der Waals surface area contributed by atoms with Crippen molar-refractivity contribution in [3.05, 3.63) is 47.5 Å². The lowest BCUT2D eigenvalue weighted by atomic mass is 9.84. The van der Waals surface area contributed by atoms with Crippen LogP contribution >= 0.6 is 0 Å². The number of carboxylic acid groups (broad SMARTS) is 1. The van der Waals surface area contributed by atoms with E-state index in [4.69, 9.17) is 5.11 Å². The van der Waals surface area contributed by atoms with Gasteiger partial charge in [0, 0.05) is 11.6 Å². The molecule has 0 bridgehead atoms. The molecule has 2 rings (SSSR count). The van der Waals surface area contributed by atoms with Crippen LogP contribution in [-0.4, -0.2) is 16.9 Å². The predicted octanol–water partition coefficient (Wildman–Crippen LogP) is 4.58. The second kappa shape index (κ2) is 9.11. The van der Waals surface area contributed by atoms with E-state index in [-0.39, 0.29) is 5.78 Å². The van der Waals surface area contributed by atoms with Gasteiger partial charge in [-0.1, -0.05) is 57.4 Å². The summed E-state index contributed by atoms with van der Waals surface area (Å²) >= 11 is 0. The second-order valence-electron chi connectivity index (χ2n) is 4.99. The maximum Gasteiger partial charge on any atom is 0.328 e. The highest BCUT2D eigenvalue weighted by Crippen LogP contribution is 2.32. The zero-order valence-electron chi connectivity index (χ0n) is 12.8. The average molecular weight is 288 g/mol. The van der Waals surface area contributed by atoms with Gasteiger partial charge in [-0.25, -0.2) is 4.79 Å². The molecular formula is C18H24O3. The molecule has 0 spiro atoms. The average Bonchev–Trinajstić information content (AvgIpc) is 2.55. The largest absolute Gasteiger partial charge is 0.478 e. The molecule has 1 fully saturated rings. The molecule has 1 aliphatic rings. The Morgan fingerprint density at radius 2 is 1.57 bits per heavy atom. The van der Waals surface area contributed by atoms with Crippen LogP contribution in [0.1, 0.15) is 67.8 Å². The summed E-state index contributed by atoms with van der Waals surface area (Å²) in [4.78, 5) is 22.0. The minimum Gasteiger partial charge on any atom is -0.478 e. The molecule has 1 saturated carbocycles. The lowest BCUT2D eigenvalue weighted by Gasteiger charge is -2.21. The van der Waals surface area contributed by atoms with Gasteiger partial charge in [0.15, 0.2) is 5.78 Å². The molecule has 0 radical (unpaired) electrons. The lowest BCUT2D eigenvalue weighted by molar-refractivity contribution is -0.131. The summed E-state index contributed by atoms with van der Waals surface area (Å²) in [5.74, 6) is -0.753. The number of carbonyl (C=O) groups is 2. The van der Waals surface area contributed by atoms with Gasteiger partial charge in [-0.3, -0.25) is 4.79 Å². The first-order valence-electron chi connectivity index (χ1n) is 7.72. The van der Waals surface area contributed by atoms with Crippen molar-refractivity contribution in [1.29, 1.82) is 0 Å². The maximum atomic E-state index is 11.7. The summed E-state index contributed by atoms with van der Waals surface area (Å²) in [6, 6.07) is 7.58. The third-order valence-corrected chi connectivity index (χ3v) is 3.65. The Kier molecular flexibility index (Phi) is 7.44. The molecule has 3 nitrogen and oxygen atoms in total. The summed E-state index contributed by atoms with van der Waals surface area (Å²) in [6.45, 7) is 4.00. The predicted molar refractivity (Wildman–Crippen MR) is 84.7 cm³/mol. The molecule has 0 amide bonds. The van der Waals surface area contributed by atoms with Crippen LogP contribution in [-0.2, 0) is 4.79 Å². The topological polar surface area (TPSA) is 54.4 Å². The van der Waals surface area contributed by atoms with E-state index in [1.165, 1.54) is 37.7 Å². The van der Waals surface area contributed by atoms with E-state index in [0.29, 0.717) is 11.5 Å². The fourth-order valence-electron chi connectivity index (χ4n) is 2.60. The monoisotopic (exact) mass is 288 g/mol. The minimum atomic E-state index is -1.10. The summed E-state index contributed by atoms with van der Waals surface area (Å²) in [6.07, 6.45) is 8.32. The van der Waals surface area contributed by atoms with Crippen molar-refractivity contribution in [3.8, 4) is 0 Å². The summed E-state index contributed by atoms with van der Waals surface area (Å²) in [5, 5.41) is 8.48. The quantitative estimate of drug-likeness (QED) is 0.651. The summed E-state index contributed by atoms with van der Waals surface area (Å²) < 4.78 is 0. The molecule has 21 heavy (non-hydrogen) atoms. The number of carboxylic acids is 1. The van der Waals surface area contributed by atoms with Gasteiger partial charge in [0.05, 0.1) is 0 Å². The van der Waals surface area contributed by atoms with Crippen LogP contribution < -0.4 is 0 Å². The molecule has 0 heterocycles. The molecule has 114 valence electrons. The first kappa shape index (κ1) is 17.2. The van der Waals surface area contributed by atoms with E-state index in [2.05, 4.69) is 0 Å². The highest BCUT2D eigenvalue weighted by molar-refractivity contribution is 6.06. The summed E-state index contributed by atoms with van der Waals surface area (Å²) in [7, 11) is 0. The Morgan fingerprint density at radius 3 is 2.10 bits per heavy atom. The van der Waals surface area contributed by atoms with Crippen molar-refractivity contribution in [2.75, 3.05) is 0 Å². The third kappa shape index (κ3) is 5.54. The van der Waals surface area contributed by atoms with Crippen LogP contribution in [0.4, 0.5) is 0 Å². The van der Waals surface area contributed by atoms with Crippen molar-refractivity contribution >= 4 is 11.8 Å². The molecule has 0 aromatic heterocycles. The zero-order chi connectivity index (χ0) is 15.7. The van der Waals surface area contributed by atoms with Gasteiger partial charge < -0.3 is 5.11 Å². The van der Waals surface area contributed by atoms with E-state index in [0.717, 1.165) is 12.2 Å². The highest BCUT2D eigenvalue weighted by Gasteiger charge is 2.15. The van der Waals surface area contributed by atoms with Gasteiger partial charge in [-0.15, -0.1) is 0 Å². The molecule has 3 heteroatoms. The van der Waals surface area contributed by atoms with Crippen molar-refractivity contribution < 1.29 is 14.7 Å². The van der Waals surface area contributed by atoms with Crippen LogP contribution in [0.15, 0.2) is 36.4 Å². The number of ketones is 1. The fourth-order valence-corrected chi connectivity index (χ4v) is 2.60. The number of rotatable bonds is 4. The fraction of sp³-hybridized carbons (Fsp3) is 0.444. The number of aliphatic carboxylic acids is 1. The number of allylic oxidation sites excluding steroid dienone is 1. The number of carbonyl (C=O) groups excluding carboxylic acids is 1. The van der Waals surface area contributed by atoms with E-state index in [1.54, 1.807) is 12.1 Å². The maximum absolute atomic E-state index is 11.7. The highest BCUT2D eigenvalue weighted by atomic mass is 16.4. The van der Waals surface area contributed by atoms with E-state index in [1.807, 2.05) is 26.0 Å². The van der Waals surface area contributed by atoms with Gasteiger partial charge in [-0.05, 0) is 30.4 Å². The first-order chi connectivity index (χ1) is 10.2. The molecule has 0 atom stereocenters. The minimum absolute atomic E-state index is 0.266. The van der Waals surface area contributed by atoms with Gasteiger partial charge in [0.1, 0.15) is 0 Å². The van der Waals surface area contributed by atoms with Gasteiger partial charge >= 0.3 is 5.97 Å². The molecular weight excluding hydrogens is 264 g/mol. The van der Waals surface area contributed by atoms with Gasteiger partial charge in [0.25, 0.3) is 0 Å². The Hall–Kier alpha value is -1.90. The van der Waals surface area contributed by atoms with Crippen LogP contribution in [0.3, 0.4) is 0 Å². The lowest BCUT2D eigenvalue weighted by Crippen LogP contribution is -2.05. The van der Waals surface area contributed by atoms with Crippen molar-refractivity contribution in [2.24, 2.45) is 0 Å². The molecule has 0 unspecified atom stereocenters. The third-order valence-electron chi connectivity index (χ3n) is 3.65. The van der Waals surface area contributed by atoms with Crippen molar-refractivity contribution in [1.82, 2.24) is 0 Å². The van der Waals surface area contributed by atoms with E-state index < -0.39 is 5.97 Å². The zero-order valence-corrected chi connectivity index (χ0v) is 12.8. The van der Waals surface area contributed by atoms with Gasteiger partial charge in [-0.2, -0.15) is 0 Å². The van der Waals surface area contributed by atoms with Crippen LogP contribution in [0, 0.1) is 0 Å². The summed E-state index contributed by atoms with van der Waals surface area (Å²) in [5.41, 5.74) is 1.83. The standard InChI is InChI=1S/C16H18O3.C2H6/c17-15(10-11-16(18)19)14-8-6-13(7-9-14)12-4-2-1-3-5-12;1-2/h6-12H,1-5H2,(H,18,19);1-2H3/b11-10+;. The number of hydrogen-bond donors (Lipinski definition) is 1. The molecule has 1 aromatic carbocycles. The van der Waals surface area contributed by atoms with E-state index >= 15 is 0 Å². The first-order valence-corrected chi connectivity index (χ1v) is 7.72. The molecule has 1 N–H and O–H groups in total.